The third-order valence-electron chi connectivity index (χ3n) is 4.74. The highest BCUT2D eigenvalue weighted by atomic mass is 32.2. The first kappa shape index (κ1) is 23.3. The molecule has 1 aromatic carbocycles. The van der Waals surface area contributed by atoms with Gasteiger partial charge in [0.15, 0.2) is 0 Å². The van der Waals surface area contributed by atoms with Gasteiger partial charge in [0.05, 0.1) is 12.7 Å². The van der Waals surface area contributed by atoms with Crippen molar-refractivity contribution in [1.29, 1.82) is 0 Å². The Morgan fingerprint density at radius 3 is 2.50 bits per heavy atom. The molecular weight excluding hydrogens is 440 g/mol. The molecule has 0 bridgehead atoms. The zero-order valence-electron chi connectivity index (χ0n) is 17.9. The van der Waals surface area contributed by atoms with E-state index in [1.165, 1.54) is 28.9 Å². The van der Waals surface area contributed by atoms with E-state index in [1.807, 2.05) is 0 Å². The molecule has 30 heavy (non-hydrogen) atoms. The minimum Gasteiger partial charge on any atom is -0.465 e. The van der Waals surface area contributed by atoms with Crippen molar-refractivity contribution in [2.24, 2.45) is 0 Å². The van der Waals surface area contributed by atoms with Gasteiger partial charge in [0.25, 0.3) is 10.0 Å². The minimum atomic E-state index is -3.84. The normalized spacial score (nSPS) is 15.1. The summed E-state index contributed by atoms with van der Waals surface area (Å²) in [6.07, 6.45) is 2.67. The van der Waals surface area contributed by atoms with Crippen LogP contribution in [0.2, 0.25) is 0 Å². The third-order valence-corrected chi connectivity index (χ3v) is 8.98. The van der Waals surface area contributed by atoms with Crippen LogP contribution >= 0.6 is 23.1 Å². The van der Waals surface area contributed by atoms with Gasteiger partial charge in [0.2, 0.25) is 0 Å². The van der Waals surface area contributed by atoms with Crippen molar-refractivity contribution in [2.45, 2.75) is 54.9 Å². The molecule has 6 nitrogen and oxygen atoms in total. The Morgan fingerprint density at radius 2 is 1.93 bits per heavy atom. The molecule has 1 aliphatic heterocycles. The SMILES string of the molecule is COC(=O)c1c(S(=O)(=O)NC(C)(C)C)sc2c1CCN(Cc1ccc(SC)cc1)C2. The topological polar surface area (TPSA) is 75.7 Å². The van der Waals surface area contributed by atoms with E-state index in [1.54, 1.807) is 32.5 Å². The first-order valence-corrected chi connectivity index (χ1v) is 13.2. The summed E-state index contributed by atoms with van der Waals surface area (Å²) in [4.78, 5) is 16.9. The van der Waals surface area contributed by atoms with Crippen molar-refractivity contribution in [2.75, 3.05) is 19.9 Å². The van der Waals surface area contributed by atoms with Crippen molar-refractivity contribution < 1.29 is 17.9 Å². The lowest BCUT2D eigenvalue weighted by Gasteiger charge is -2.27. The summed E-state index contributed by atoms with van der Waals surface area (Å²) >= 11 is 2.89. The number of thiophene rings is 1. The molecule has 0 aliphatic carbocycles. The lowest BCUT2D eigenvalue weighted by Crippen LogP contribution is -2.40. The molecule has 1 aromatic heterocycles. The number of methoxy groups -OCH3 is 1. The number of fused-ring (bicyclic) bond motifs is 1. The van der Waals surface area contributed by atoms with Gasteiger partial charge in [-0.3, -0.25) is 4.90 Å². The summed E-state index contributed by atoms with van der Waals surface area (Å²) in [6.45, 7) is 7.48. The maximum atomic E-state index is 13.0. The summed E-state index contributed by atoms with van der Waals surface area (Å²) in [7, 11) is -2.55. The molecule has 2 aromatic rings. The summed E-state index contributed by atoms with van der Waals surface area (Å²) in [6, 6.07) is 8.47. The van der Waals surface area contributed by atoms with Gasteiger partial charge in [-0.25, -0.2) is 17.9 Å². The molecule has 3 rings (SSSR count). The van der Waals surface area contributed by atoms with Gasteiger partial charge in [-0.1, -0.05) is 12.1 Å². The van der Waals surface area contributed by atoms with Crippen LogP contribution in [0.4, 0.5) is 0 Å². The highest BCUT2D eigenvalue weighted by molar-refractivity contribution is 7.98. The van der Waals surface area contributed by atoms with Crippen LogP contribution in [0.15, 0.2) is 33.4 Å². The molecule has 0 saturated carbocycles. The molecule has 164 valence electrons. The Kier molecular flexibility index (Phi) is 6.98. The number of benzene rings is 1. The fourth-order valence-corrected chi connectivity index (χ4v) is 7.26. The molecule has 0 spiro atoms. The Morgan fingerprint density at radius 1 is 1.27 bits per heavy atom. The number of nitrogens with zero attached hydrogens (tertiary/aromatic N) is 1. The minimum absolute atomic E-state index is 0.0560. The third kappa shape index (κ3) is 5.26. The maximum absolute atomic E-state index is 13.0. The molecular formula is C21H28N2O4S3. The quantitative estimate of drug-likeness (QED) is 0.512. The van der Waals surface area contributed by atoms with E-state index in [4.69, 9.17) is 4.74 Å². The second kappa shape index (κ2) is 9.00. The van der Waals surface area contributed by atoms with Crippen LogP contribution in [0.3, 0.4) is 0 Å². The molecule has 0 radical (unpaired) electrons. The van der Waals surface area contributed by atoms with Gasteiger partial charge in [0.1, 0.15) is 4.21 Å². The van der Waals surface area contributed by atoms with Crippen molar-refractivity contribution in [3.63, 3.8) is 0 Å². The second-order valence-electron chi connectivity index (χ2n) is 8.32. The number of nitrogens with one attached hydrogen (secondary N) is 1. The molecule has 0 atom stereocenters. The molecule has 1 aliphatic rings. The second-order valence-corrected chi connectivity index (χ2v) is 12.2. The summed E-state index contributed by atoms with van der Waals surface area (Å²) in [5.41, 5.74) is 1.56. The smallest absolute Gasteiger partial charge is 0.340 e. The van der Waals surface area contributed by atoms with Gasteiger partial charge >= 0.3 is 5.97 Å². The number of esters is 1. The van der Waals surface area contributed by atoms with E-state index in [2.05, 4.69) is 40.1 Å². The zero-order valence-corrected chi connectivity index (χ0v) is 20.4. The van der Waals surface area contributed by atoms with Gasteiger partial charge in [-0.05, 0) is 56.7 Å². The molecule has 0 amide bonds. The van der Waals surface area contributed by atoms with Crippen LogP contribution in [0.5, 0.6) is 0 Å². The number of thioether (sulfide) groups is 1. The average Bonchev–Trinajstić information content (AvgIpc) is 3.06. The van der Waals surface area contributed by atoms with E-state index in [-0.39, 0.29) is 9.77 Å². The average molecular weight is 469 g/mol. The van der Waals surface area contributed by atoms with E-state index < -0.39 is 21.5 Å². The molecule has 1 N–H and O–H groups in total. The van der Waals surface area contributed by atoms with Crippen molar-refractivity contribution in [3.05, 3.63) is 45.8 Å². The number of carbonyl (C=O) groups excluding carboxylic acids is 1. The monoisotopic (exact) mass is 468 g/mol. The van der Waals surface area contributed by atoms with Crippen LogP contribution < -0.4 is 4.72 Å². The molecule has 0 fully saturated rings. The Hall–Kier alpha value is -1.39. The van der Waals surface area contributed by atoms with E-state index in [9.17, 15) is 13.2 Å². The summed E-state index contributed by atoms with van der Waals surface area (Å²) in [5, 5.41) is 0. The Bertz CT molecular complexity index is 1020. The highest BCUT2D eigenvalue weighted by Gasteiger charge is 2.35. The van der Waals surface area contributed by atoms with E-state index in [0.29, 0.717) is 13.0 Å². The number of rotatable bonds is 6. The van der Waals surface area contributed by atoms with Gasteiger partial charge in [-0.2, -0.15) is 0 Å². The fourth-order valence-electron chi connectivity index (χ4n) is 3.50. The van der Waals surface area contributed by atoms with Crippen LogP contribution in [-0.4, -0.2) is 44.7 Å². The maximum Gasteiger partial charge on any atom is 0.340 e. The molecule has 0 saturated heterocycles. The van der Waals surface area contributed by atoms with Gasteiger partial charge < -0.3 is 4.74 Å². The number of hydrogen-bond donors (Lipinski definition) is 1. The number of carbonyl (C=O) groups is 1. The van der Waals surface area contributed by atoms with E-state index >= 15 is 0 Å². The largest absolute Gasteiger partial charge is 0.465 e. The number of sulfonamides is 1. The van der Waals surface area contributed by atoms with Crippen LogP contribution in [0.1, 0.15) is 47.1 Å². The fraction of sp³-hybridized carbons (Fsp3) is 0.476. The van der Waals surface area contributed by atoms with Crippen molar-refractivity contribution in [1.82, 2.24) is 9.62 Å². The van der Waals surface area contributed by atoms with Crippen molar-refractivity contribution >= 4 is 39.1 Å². The predicted octanol–water partition coefficient (Wildman–Crippen LogP) is 3.89. The van der Waals surface area contributed by atoms with Crippen LogP contribution in [-0.2, 0) is 34.3 Å². The lowest BCUT2D eigenvalue weighted by atomic mass is 10.0. The lowest BCUT2D eigenvalue weighted by molar-refractivity contribution is 0.0595. The predicted molar refractivity (Wildman–Crippen MR) is 122 cm³/mol. The first-order chi connectivity index (χ1) is 14.0. The number of ether oxygens (including phenoxy) is 1. The first-order valence-electron chi connectivity index (χ1n) is 9.66. The standard InChI is InChI=1S/C21H28N2O4S3/c1-21(2,3)22-30(25,26)20-18(19(24)27-4)16-10-11-23(13-17(16)29-20)12-14-6-8-15(28-5)9-7-14/h6-9,22H,10-13H2,1-5H3. The summed E-state index contributed by atoms with van der Waals surface area (Å²) < 4.78 is 33.7. The Balaban J connectivity index is 1.90. The zero-order chi connectivity index (χ0) is 22.1. The molecule has 9 heteroatoms. The van der Waals surface area contributed by atoms with Gasteiger partial charge in [-0.15, -0.1) is 23.1 Å². The highest BCUT2D eigenvalue weighted by Crippen LogP contribution is 2.37. The van der Waals surface area contributed by atoms with Crippen molar-refractivity contribution in [3.8, 4) is 0 Å². The molecule has 2 heterocycles. The van der Waals surface area contributed by atoms with Crippen LogP contribution in [0, 0.1) is 0 Å². The molecule has 0 unspecified atom stereocenters. The number of hydrogen-bond acceptors (Lipinski definition) is 7. The van der Waals surface area contributed by atoms with Gasteiger partial charge in [0, 0.05) is 34.9 Å². The van der Waals surface area contributed by atoms with Crippen LogP contribution in [0.25, 0.3) is 0 Å². The Labute approximate surface area is 187 Å². The summed E-state index contributed by atoms with van der Waals surface area (Å²) in [5.74, 6) is -0.595. The van der Waals surface area contributed by atoms with E-state index in [0.717, 1.165) is 23.5 Å².